The van der Waals surface area contributed by atoms with Crippen molar-refractivity contribution in [3.05, 3.63) is 59.7 Å². The average molecular weight is 417 g/mol. The van der Waals surface area contributed by atoms with Gasteiger partial charge in [-0.25, -0.2) is 13.9 Å². The molecule has 1 heterocycles. The minimum absolute atomic E-state index is 0.0364. The maximum absolute atomic E-state index is 13.0. The van der Waals surface area contributed by atoms with Crippen LogP contribution in [0.25, 0.3) is 0 Å². The van der Waals surface area contributed by atoms with Gasteiger partial charge in [0.25, 0.3) is 11.8 Å². The van der Waals surface area contributed by atoms with Gasteiger partial charge in [0.1, 0.15) is 0 Å². The number of nitrogens with zero attached hydrogens (tertiary/aromatic N) is 1. The molecule has 9 heteroatoms. The Bertz CT molecular complexity index is 1020. The zero-order valence-electron chi connectivity index (χ0n) is 16.1. The standard InChI is InChI=1S/C20H23N3O5S/c1-3-23-13(2)18(20(25)22-26)29(27,28)17-10-9-15(11-16(17)23)19(24)21-12-14-7-5-4-6-8-14/h4-11,13,18,26H,3,12H2,1-2H3,(H,21,24)(H,22,25). The molecule has 0 bridgehead atoms. The largest absolute Gasteiger partial charge is 0.366 e. The van der Waals surface area contributed by atoms with Crippen LogP contribution < -0.4 is 15.7 Å². The second-order valence-electron chi connectivity index (χ2n) is 6.82. The molecule has 1 aliphatic rings. The molecular weight excluding hydrogens is 394 g/mol. The molecule has 2 unspecified atom stereocenters. The molecule has 0 fully saturated rings. The van der Waals surface area contributed by atoms with Crippen LogP contribution in [-0.4, -0.2) is 43.3 Å². The number of anilines is 1. The highest BCUT2D eigenvalue weighted by Crippen LogP contribution is 2.37. The summed E-state index contributed by atoms with van der Waals surface area (Å²) in [7, 11) is -4.03. The lowest BCUT2D eigenvalue weighted by Gasteiger charge is -2.40. The van der Waals surface area contributed by atoms with Crippen LogP contribution in [0.1, 0.15) is 29.8 Å². The van der Waals surface area contributed by atoms with Gasteiger partial charge >= 0.3 is 0 Å². The van der Waals surface area contributed by atoms with Gasteiger partial charge in [-0.15, -0.1) is 0 Å². The number of sulfone groups is 1. The predicted octanol–water partition coefficient (Wildman–Crippen LogP) is 1.49. The molecule has 0 spiro atoms. The van der Waals surface area contributed by atoms with Crippen molar-refractivity contribution in [2.24, 2.45) is 0 Å². The minimum atomic E-state index is -4.03. The van der Waals surface area contributed by atoms with Gasteiger partial charge < -0.3 is 10.2 Å². The fourth-order valence-electron chi connectivity index (χ4n) is 3.66. The first-order chi connectivity index (χ1) is 13.8. The van der Waals surface area contributed by atoms with Crippen LogP contribution in [0.4, 0.5) is 5.69 Å². The van der Waals surface area contributed by atoms with E-state index in [2.05, 4.69) is 5.32 Å². The molecule has 154 valence electrons. The normalized spacial score (nSPS) is 19.9. The summed E-state index contributed by atoms with van der Waals surface area (Å²) >= 11 is 0. The number of benzene rings is 2. The molecule has 2 amide bonds. The van der Waals surface area contributed by atoms with Crippen LogP contribution in [0.15, 0.2) is 53.4 Å². The van der Waals surface area contributed by atoms with E-state index in [1.807, 2.05) is 37.3 Å². The summed E-state index contributed by atoms with van der Waals surface area (Å²) in [5, 5.41) is 10.4. The van der Waals surface area contributed by atoms with E-state index < -0.39 is 27.0 Å². The SMILES string of the molecule is CCN1c2cc(C(=O)NCc3ccccc3)ccc2S(=O)(=O)C(C(=O)NO)C1C. The van der Waals surface area contributed by atoms with Crippen molar-refractivity contribution in [2.45, 2.75) is 36.6 Å². The number of carbonyl (C=O) groups excluding carboxylic acids is 2. The lowest BCUT2D eigenvalue weighted by molar-refractivity contribution is -0.129. The highest BCUT2D eigenvalue weighted by molar-refractivity contribution is 7.93. The first-order valence-electron chi connectivity index (χ1n) is 9.22. The number of hydrogen-bond acceptors (Lipinski definition) is 6. The summed E-state index contributed by atoms with van der Waals surface area (Å²) in [6.07, 6.45) is 0. The third-order valence-electron chi connectivity index (χ3n) is 5.11. The van der Waals surface area contributed by atoms with Crippen molar-refractivity contribution in [3.63, 3.8) is 0 Å². The summed E-state index contributed by atoms with van der Waals surface area (Å²) in [6.45, 7) is 4.20. The molecule has 2 atom stereocenters. The second-order valence-corrected chi connectivity index (χ2v) is 8.86. The van der Waals surface area contributed by atoms with Crippen molar-refractivity contribution in [2.75, 3.05) is 11.4 Å². The lowest BCUT2D eigenvalue weighted by Crippen LogP contribution is -2.56. The van der Waals surface area contributed by atoms with E-state index >= 15 is 0 Å². The van der Waals surface area contributed by atoms with Gasteiger partial charge in [-0.05, 0) is 37.6 Å². The van der Waals surface area contributed by atoms with Crippen molar-refractivity contribution >= 4 is 27.3 Å². The molecular formula is C20H23N3O5S. The number of carbonyl (C=O) groups is 2. The van der Waals surface area contributed by atoms with E-state index in [-0.39, 0.29) is 10.8 Å². The Labute approximate surface area is 169 Å². The lowest BCUT2D eigenvalue weighted by atomic mass is 10.1. The summed E-state index contributed by atoms with van der Waals surface area (Å²) in [5.74, 6) is -1.31. The van der Waals surface area contributed by atoms with E-state index in [4.69, 9.17) is 5.21 Å². The molecule has 0 saturated carbocycles. The fourth-order valence-corrected chi connectivity index (χ4v) is 5.66. The van der Waals surface area contributed by atoms with E-state index in [1.165, 1.54) is 23.7 Å². The molecule has 2 aromatic rings. The third-order valence-corrected chi connectivity index (χ3v) is 7.34. The summed E-state index contributed by atoms with van der Waals surface area (Å²) in [4.78, 5) is 26.3. The van der Waals surface area contributed by atoms with Gasteiger partial charge in [-0.3, -0.25) is 14.8 Å². The first kappa shape index (κ1) is 20.8. The zero-order valence-corrected chi connectivity index (χ0v) is 16.9. The Hall–Kier alpha value is -2.91. The monoisotopic (exact) mass is 417 g/mol. The van der Waals surface area contributed by atoms with Gasteiger partial charge in [0.2, 0.25) is 0 Å². The number of hydrogen-bond donors (Lipinski definition) is 3. The van der Waals surface area contributed by atoms with Crippen LogP contribution in [-0.2, 0) is 21.2 Å². The Balaban J connectivity index is 1.94. The Morgan fingerprint density at radius 2 is 1.83 bits per heavy atom. The zero-order chi connectivity index (χ0) is 21.2. The maximum atomic E-state index is 13.0. The highest BCUT2D eigenvalue weighted by Gasteiger charge is 2.46. The van der Waals surface area contributed by atoms with E-state index in [0.29, 0.717) is 24.3 Å². The quantitative estimate of drug-likeness (QED) is 0.501. The molecule has 1 aliphatic heterocycles. The smallest absolute Gasteiger partial charge is 0.264 e. The highest BCUT2D eigenvalue weighted by atomic mass is 32.2. The summed E-state index contributed by atoms with van der Waals surface area (Å²) in [5.41, 5.74) is 3.09. The molecule has 8 nitrogen and oxygen atoms in total. The number of hydroxylamine groups is 1. The molecule has 0 saturated heterocycles. The number of rotatable bonds is 5. The molecule has 0 radical (unpaired) electrons. The van der Waals surface area contributed by atoms with Crippen LogP contribution in [0, 0.1) is 0 Å². The number of nitrogens with one attached hydrogen (secondary N) is 2. The topological polar surface area (TPSA) is 116 Å². The average Bonchev–Trinajstić information content (AvgIpc) is 2.72. The van der Waals surface area contributed by atoms with Gasteiger partial charge in [-0.2, -0.15) is 0 Å². The first-order valence-corrected chi connectivity index (χ1v) is 10.8. The maximum Gasteiger partial charge on any atom is 0.264 e. The molecule has 3 N–H and O–H groups in total. The van der Waals surface area contributed by atoms with Crippen LogP contribution in [0.2, 0.25) is 0 Å². The van der Waals surface area contributed by atoms with Crippen LogP contribution in [0.5, 0.6) is 0 Å². The predicted molar refractivity (Wildman–Crippen MR) is 107 cm³/mol. The fraction of sp³-hybridized carbons (Fsp3) is 0.300. The van der Waals surface area contributed by atoms with Crippen LogP contribution in [0.3, 0.4) is 0 Å². The second kappa shape index (κ2) is 8.22. The van der Waals surface area contributed by atoms with Crippen molar-refractivity contribution in [3.8, 4) is 0 Å². The van der Waals surface area contributed by atoms with E-state index in [9.17, 15) is 18.0 Å². The van der Waals surface area contributed by atoms with E-state index in [0.717, 1.165) is 5.56 Å². The Kier molecular flexibility index (Phi) is 5.90. The Morgan fingerprint density at radius 1 is 1.14 bits per heavy atom. The number of amides is 2. The summed E-state index contributed by atoms with van der Waals surface area (Å²) in [6, 6.07) is 13.0. The van der Waals surface area contributed by atoms with Crippen molar-refractivity contribution in [1.29, 1.82) is 0 Å². The molecule has 0 aromatic heterocycles. The van der Waals surface area contributed by atoms with Gasteiger partial charge in [-0.1, -0.05) is 30.3 Å². The van der Waals surface area contributed by atoms with Crippen molar-refractivity contribution in [1.82, 2.24) is 10.8 Å². The number of fused-ring (bicyclic) bond motifs is 1. The van der Waals surface area contributed by atoms with Crippen LogP contribution >= 0.6 is 0 Å². The van der Waals surface area contributed by atoms with Gasteiger partial charge in [0.15, 0.2) is 15.1 Å². The molecule has 29 heavy (non-hydrogen) atoms. The van der Waals surface area contributed by atoms with Gasteiger partial charge in [0.05, 0.1) is 16.6 Å². The third kappa shape index (κ3) is 3.83. The Morgan fingerprint density at radius 3 is 2.45 bits per heavy atom. The molecule has 0 aliphatic carbocycles. The summed E-state index contributed by atoms with van der Waals surface area (Å²) < 4.78 is 25.9. The van der Waals surface area contributed by atoms with E-state index in [1.54, 1.807) is 11.8 Å². The molecule has 3 rings (SSSR count). The van der Waals surface area contributed by atoms with Gasteiger partial charge in [0, 0.05) is 18.7 Å². The minimum Gasteiger partial charge on any atom is -0.366 e. The molecule has 2 aromatic carbocycles. The van der Waals surface area contributed by atoms with Crippen molar-refractivity contribution < 1.29 is 23.2 Å².